The van der Waals surface area contributed by atoms with Crippen LogP contribution in [0.25, 0.3) is 0 Å². The van der Waals surface area contributed by atoms with Crippen LogP contribution in [0.5, 0.6) is 5.75 Å². The molecule has 1 atom stereocenters. The van der Waals surface area contributed by atoms with E-state index in [1.165, 1.54) is 5.56 Å². The number of carbonyl (C=O) groups excluding carboxylic acids is 3. The van der Waals surface area contributed by atoms with Gasteiger partial charge in [0.15, 0.2) is 5.60 Å². The van der Waals surface area contributed by atoms with Crippen LogP contribution in [0.4, 0.5) is 0 Å². The molecule has 1 spiro atoms. The molecule has 8 nitrogen and oxygen atoms in total. The number of likely N-dealkylation sites (tertiary alicyclic amines) is 1. The lowest BCUT2D eigenvalue weighted by Crippen LogP contribution is -2.63. The zero-order chi connectivity index (χ0) is 26.1. The van der Waals surface area contributed by atoms with Crippen LogP contribution >= 0.6 is 0 Å². The second kappa shape index (κ2) is 13.3. The first kappa shape index (κ1) is 27.4. The molecule has 1 aromatic carbocycles. The molecule has 0 N–H and O–H groups in total. The number of amides is 3. The second-order valence-corrected chi connectivity index (χ2v) is 10.6. The van der Waals surface area contributed by atoms with E-state index >= 15 is 0 Å². The normalized spacial score (nSPS) is 24.1. The molecule has 2 saturated heterocycles. The number of hydrogen-bond donors (Lipinski definition) is 0. The third-order valence-electron chi connectivity index (χ3n) is 7.86. The van der Waals surface area contributed by atoms with Gasteiger partial charge in [-0.1, -0.05) is 38.0 Å². The van der Waals surface area contributed by atoms with Crippen LogP contribution in [-0.4, -0.2) is 90.5 Å². The van der Waals surface area contributed by atoms with Gasteiger partial charge < -0.3 is 24.2 Å². The van der Waals surface area contributed by atoms with Gasteiger partial charge in [0.2, 0.25) is 11.8 Å². The van der Waals surface area contributed by atoms with Crippen LogP contribution < -0.4 is 4.74 Å². The Morgan fingerprint density at radius 2 is 1.78 bits per heavy atom. The predicted octanol–water partition coefficient (Wildman–Crippen LogP) is 3.42. The average molecular weight is 514 g/mol. The monoisotopic (exact) mass is 513 g/mol. The Morgan fingerprint density at radius 1 is 0.946 bits per heavy atom. The van der Waals surface area contributed by atoms with Gasteiger partial charge in [-0.25, -0.2) is 0 Å². The van der Waals surface area contributed by atoms with Gasteiger partial charge in [-0.2, -0.15) is 0 Å². The van der Waals surface area contributed by atoms with Crippen molar-refractivity contribution in [2.75, 3.05) is 52.5 Å². The van der Waals surface area contributed by atoms with E-state index < -0.39 is 5.60 Å². The first-order chi connectivity index (χ1) is 18.0. The number of aryl methyl sites for hydroxylation is 1. The summed E-state index contributed by atoms with van der Waals surface area (Å²) in [6.45, 7) is 5.39. The van der Waals surface area contributed by atoms with Crippen molar-refractivity contribution in [2.24, 2.45) is 0 Å². The van der Waals surface area contributed by atoms with Gasteiger partial charge in [0.25, 0.3) is 5.91 Å². The molecule has 0 bridgehead atoms. The Labute approximate surface area is 221 Å². The van der Waals surface area contributed by atoms with Crippen LogP contribution in [0.2, 0.25) is 0 Å². The van der Waals surface area contributed by atoms with Gasteiger partial charge in [-0.05, 0) is 56.6 Å². The van der Waals surface area contributed by atoms with Crippen LogP contribution in [0.3, 0.4) is 0 Å². The molecule has 4 rings (SSSR count). The Morgan fingerprint density at radius 3 is 2.65 bits per heavy atom. The Bertz CT molecular complexity index is 938. The van der Waals surface area contributed by atoms with Crippen molar-refractivity contribution >= 4 is 17.7 Å². The number of morpholine rings is 1. The third kappa shape index (κ3) is 7.03. The molecule has 37 heavy (non-hydrogen) atoms. The first-order valence-electron chi connectivity index (χ1n) is 14.2. The molecular formula is C29H43N3O5. The zero-order valence-corrected chi connectivity index (χ0v) is 22.4. The summed E-state index contributed by atoms with van der Waals surface area (Å²) < 4.78 is 12.4. The lowest BCUT2D eigenvalue weighted by molar-refractivity contribution is -0.177. The van der Waals surface area contributed by atoms with E-state index in [-0.39, 0.29) is 30.8 Å². The lowest BCUT2D eigenvalue weighted by Gasteiger charge is -2.44. The highest BCUT2D eigenvalue weighted by atomic mass is 16.5. The molecule has 0 radical (unpaired) electrons. The highest BCUT2D eigenvalue weighted by molar-refractivity contribution is 5.88. The minimum absolute atomic E-state index is 0.0400. The summed E-state index contributed by atoms with van der Waals surface area (Å²) >= 11 is 0. The maximum atomic E-state index is 14.1. The van der Waals surface area contributed by atoms with E-state index in [4.69, 9.17) is 9.47 Å². The molecule has 8 heteroatoms. The highest BCUT2D eigenvalue weighted by Crippen LogP contribution is 2.30. The molecule has 204 valence electrons. The summed E-state index contributed by atoms with van der Waals surface area (Å²) in [6, 6.07) is 8.14. The van der Waals surface area contributed by atoms with Crippen LogP contribution in [-0.2, 0) is 25.5 Å². The lowest BCUT2D eigenvalue weighted by atomic mass is 9.90. The summed E-state index contributed by atoms with van der Waals surface area (Å²) in [4.78, 5) is 45.3. The summed E-state index contributed by atoms with van der Waals surface area (Å²) in [6.07, 6.45) is 8.40. The summed E-state index contributed by atoms with van der Waals surface area (Å²) in [7, 11) is 0. The van der Waals surface area contributed by atoms with Crippen LogP contribution in [0.15, 0.2) is 24.3 Å². The number of para-hydroxylation sites is 1. The second-order valence-electron chi connectivity index (χ2n) is 10.6. The number of fused-ring (bicyclic) bond motifs is 1. The number of rotatable bonds is 5. The number of carbonyl (C=O) groups is 3. The SMILES string of the molecule is CCCCN1CCOc2ccccc2CCCCC2(CN(C(=O)CN3CCCCCC3=O)CCO2)C1=O. The van der Waals surface area contributed by atoms with E-state index in [1.54, 1.807) is 9.80 Å². The van der Waals surface area contributed by atoms with Crippen molar-refractivity contribution in [3.63, 3.8) is 0 Å². The Kier molecular flexibility index (Phi) is 9.83. The average Bonchev–Trinajstić information content (AvgIpc) is 3.12. The zero-order valence-electron chi connectivity index (χ0n) is 22.4. The van der Waals surface area contributed by atoms with E-state index in [1.807, 2.05) is 23.1 Å². The highest BCUT2D eigenvalue weighted by Gasteiger charge is 2.46. The van der Waals surface area contributed by atoms with E-state index in [9.17, 15) is 14.4 Å². The number of ether oxygens (including phenoxy) is 2. The summed E-state index contributed by atoms with van der Waals surface area (Å²) in [5.41, 5.74) is 0.135. The molecule has 0 aliphatic carbocycles. The van der Waals surface area contributed by atoms with E-state index in [2.05, 4.69) is 13.0 Å². The quantitative estimate of drug-likeness (QED) is 0.603. The van der Waals surface area contributed by atoms with Gasteiger partial charge in [0.1, 0.15) is 12.4 Å². The fourth-order valence-electron chi connectivity index (χ4n) is 5.65. The number of unbranched alkanes of at least 4 members (excludes halogenated alkanes) is 1. The number of nitrogens with zero attached hydrogens (tertiary/aromatic N) is 3. The van der Waals surface area contributed by atoms with Gasteiger partial charge in [-0.15, -0.1) is 0 Å². The minimum atomic E-state index is -1.05. The first-order valence-corrected chi connectivity index (χ1v) is 14.2. The Hall–Kier alpha value is -2.61. The third-order valence-corrected chi connectivity index (χ3v) is 7.86. The molecular weight excluding hydrogens is 470 g/mol. The summed E-state index contributed by atoms with van der Waals surface area (Å²) in [5, 5.41) is 0. The predicted molar refractivity (Wildman–Crippen MR) is 141 cm³/mol. The molecule has 3 heterocycles. The molecule has 3 aliphatic heterocycles. The van der Waals surface area contributed by atoms with Crippen molar-refractivity contribution < 1.29 is 23.9 Å². The maximum Gasteiger partial charge on any atom is 0.256 e. The van der Waals surface area contributed by atoms with Crippen molar-refractivity contribution in [1.29, 1.82) is 0 Å². The number of benzene rings is 1. The molecule has 3 aliphatic rings. The fourth-order valence-corrected chi connectivity index (χ4v) is 5.65. The molecule has 3 amide bonds. The van der Waals surface area contributed by atoms with E-state index in [0.717, 1.165) is 57.1 Å². The molecule has 1 aromatic rings. The topological polar surface area (TPSA) is 79.4 Å². The van der Waals surface area contributed by atoms with Gasteiger partial charge in [0.05, 0.1) is 26.2 Å². The maximum absolute atomic E-state index is 14.1. The minimum Gasteiger partial charge on any atom is -0.491 e. The van der Waals surface area contributed by atoms with Crippen molar-refractivity contribution in [1.82, 2.24) is 14.7 Å². The fraction of sp³-hybridized carbons (Fsp3) is 0.690. The number of hydrogen-bond acceptors (Lipinski definition) is 5. The molecule has 2 fully saturated rings. The smallest absolute Gasteiger partial charge is 0.256 e. The van der Waals surface area contributed by atoms with Crippen LogP contribution in [0, 0.1) is 0 Å². The molecule has 1 unspecified atom stereocenters. The van der Waals surface area contributed by atoms with Crippen molar-refractivity contribution in [2.45, 2.75) is 76.7 Å². The Balaban J connectivity index is 1.51. The van der Waals surface area contributed by atoms with Gasteiger partial charge in [-0.3, -0.25) is 14.4 Å². The van der Waals surface area contributed by atoms with Crippen molar-refractivity contribution in [3.05, 3.63) is 29.8 Å². The molecule has 0 saturated carbocycles. The largest absolute Gasteiger partial charge is 0.491 e. The van der Waals surface area contributed by atoms with E-state index in [0.29, 0.717) is 52.2 Å². The standard InChI is InChI=1S/C29H43N3O5/c1-2-3-16-30-18-20-36-25-13-7-6-11-24(25)12-8-9-15-29(28(30)35)23-32(19-21-37-29)27(34)22-31-17-10-4-5-14-26(31)33/h6-7,11,13H,2-5,8-10,12,14-23H2,1H3. The van der Waals surface area contributed by atoms with Crippen LogP contribution in [0.1, 0.15) is 70.3 Å². The van der Waals surface area contributed by atoms with Gasteiger partial charge >= 0.3 is 0 Å². The molecule has 0 aromatic heterocycles. The van der Waals surface area contributed by atoms with Gasteiger partial charge in [0, 0.05) is 26.1 Å². The summed E-state index contributed by atoms with van der Waals surface area (Å²) in [5.74, 6) is 0.826. The van der Waals surface area contributed by atoms with Crippen molar-refractivity contribution in [3.8, 4) is 5.75 Å².